The van der Waals surface area contributed by atoms with E-state index in [2.05, 4.69) is 43.6 Å². The summed E-state index contributed by atoms with van der Waals surface area (Å²) in [5.74, 6) is 0.560. The fourth-order valence-corrected chi connectivity index (χ4v) is 2.73. The van der Waals surface area contributed by atoms with Gasteiger partial charge in [-0.3, -0.25) is 4.79 Å². The molecule has 1 aromatic carbocycles. The fourth-order valence-electron chi connectivity index (χ4n) is 2.73. The molecule has 0 saturated heterocycles. The van der Waals surface area contributed by atoms with Crippen LogP contribution in [-0.4, -0.2) is 45.1 Å². The summed E-state index contributed by atoms with van der Waals surface area (Å²) in [6.45, 7) is 3.01. The molecule has 2 aromatic heterocycles. The van der Waals surface area contributed by atoms with Gasteiger partial charge in [0.15, 0.2) is 0 Å². The standard InChI is InChI=1S/C19H23N5O2/c1-23(9-10-24-8-7-20-14-24)12-15-3-5-16(6-4-15)19-21-17(13-26-2)11-18(25)22-19/h3-8,11,14H,9-10,12-13H2,1-2H3,(H,21,22,25). The maximum Gasteiger partial charge on any atom is 0.251 e. The van der Waals surface area contributed by atoms with Gasteiger partial charge in [0.2, 0.25) is 0 Å². The second-order valence-corrected chi connectivity index (χ2v) is 6.25. The molecule has 136 valence electrons. The third-order valence-electron chi connectivity index (χ3n) is 4.07. The second-order valence-electron chi connectivity index (χ2n) is 6.25. The van der Waals surface area contributed by atoms with E-state index < -0.39 is 0 Å². The summed E-state index contributed by atoms with van der Waals surface area (Å²) < 4.78 is 7.12. The zero-order chi connectivity index (χ0) is 18.4. The Bertz CT molecular complexity index is 872. The van der Waals surface area contributed by atoms with Crippen molar-refractivity contribution in [1.82, 2.24) is 24.4 Å². The van der Waals surface area contributed by atoms with Crippen molar-refractivity contribution in [3.05, 3.63) is 70.7 Å². The Hall–Kier alpha value is -2.77. The summed E-state index contributed by atoms with van der Waals surface area (Å²) >= 11 is 0. The predicted molar refractivity (Wildman–Crippen MR) is 99.6 cm³/mol. The lowest BCUT2D eigenvalue weighted by molar-refractivity contribution is 0.181. The van der Waals surface area contributed by atoms with E-state index in [1.807, 2.05) is 24.7 Å². The maximum absolute atomic E-state index is 11.8. The largest absolute Gasteiger partial charge is 0.378 e. The number of aromatic nitrogens is 4. The quantitative estimate of drug-likeness (QED) is 0.669. The van der Waals surface area contributed by atoms with Gasteiger partial charge in [0.05, 0.1) is 18.6 Å². The van der Waals surface area contributed by atoms with Gasteiger partial charge in [-0.15, -0.1) is 0 Å². The Balaban J connectivity index is 1.63. The van der Waals surface area contributed by atoms with Crippen LogP contribution in [0.15, 0.2) is 53.8 Å². The Morgan fingerprint density at radius 2 is 2.08 bits per heavy atom. The van der Waals surface area contributed by atoms with Gasteiger partial charge in [-0.05, 0) is 12.6 Å². The molecule has 0 bridgehead atoms. The van der Waals surface area contributed by atoms with Crippen molar-refractivity contribution in [2.45, 2.75) is 19.7 Å². The molecule has 3 aromatic rings. The van der Waals surface area contributed by atoms with E-state index in [-0.39, 0.29) is 5.56 Å². The monoisotopic (exact) mass is 353 g/mol. The highest BCUT2D eigenvalue weighted by atomic mass is 16.5. The number of methoxy groups -OCH3 is 1. The smallest absolute Gasteiger partial charge is 0.251 e. The predicted octanol–water partition coefficient (Wildman–Crippen LogP) is 1.91. The molecule has 3 rings (SSSR count). The van der Waals surface area contributed by atoms with Crippen LogP contribution in [0.5, 0.6) is 0 Å². The molecule has 0 atom stereocenters. The van der Waals surface area contributed by atoms with Crippen molar-refractivity contribution in [3.8, 4) is 11.4 Å². The first-order valence-electron chi connectivity index (χ1n) is 8.47. The number of aromatic amines is 1. The molecule has 0 saturated carbocycles. The highest BCUT2D eigenvalue weighted by Crippen LogP contribution is 2.16. The molecule has 0 aliphatic carbocycles. The van der Waals surface area contributed by atoms with Gasteiger partial charge in [0, 0.05) is 50.8 Å². The van der Waals surface area contributed by atoms with Crippen molar-refractivity contribution in [2.24, 2.45) is 0 Å². The number of imidazole rings is 1. The van der Waals surface area contributed by atoms with Crippen molar-refractivity contribution >= 4 is 0 Å². The number of hydrogen-bond acceptors (Lipinski definition) is 5. The molecule has 7 heteroatoms. The lowest BCUT2D eigenvalue weighted by Crippen LogP contribution is -2.22. The van der Waals surface area contributed by atoms with E-state index in [0.717, 1.165) is 25.2 Å². The summed E-state index contributed by atoms with van der Waals surface area (Å²) in [6.07, 6.45) is 5.58. The van der Waals surface area contributed by atoms with E-state index in [9.17, 15) is 4.79 Å². The van der Waals surface area contributed by atoms with E-state index in [1.54, 1.807) is 13.3 Å². The van der Waals surface area contributed by atoms with Crippen molar-refractivity contribution < 1.29 is 4.74 Å². The van der Waals surface area contributed by atoms with Crippen LogP contribution >= 0.6 is 0 Å². The number of rotatable bonds is 8. The molecule has 0 aliphatic heterocycles. The number of H-pyrrole nitrogens is 1. The van der Waals surface area contributed by atoms with Gasteiger partial charge in [-0.25, -0.2) is 9.97 Å². The minimum atomic E-state index is -0.176. The first-order chi connectivity index (χ1) is 12.6. The lowest BCUT2D eigenvalue weighted by atomic mass is 10.1. The molecule has 7 nitrogen and oxygen atoms in total. The maximum atomic E-state index is 11.8. The van der Waals surface area contributed by atoms with E-state index in [0.29, 0.717) is 18.1 Å². The summed E-state index contributed by atoms with van der Waals surface area (Å²) in [5.41, 5.74) is 2.53. The van der Waals surface area contributed by atoms with E-state index in [4.69, 9.17) is 4.74 Å². The SMILES string of the molecule is COCc1cc(=O)[nH]c(-c2ccc(CN(C)CCn3ccnc3)cc2)n1. The number of likely N-dealkylation sites (N-methyl/N-ethyl adjacent to an activating group) is 1. The molecule has 2 heterocycles. The Labute approximate surface area is 152 Å². The molecule has 0 spiro atoms. The number of benzene rings is 1. The molecule has 0 radical (unpaired) electrons. The Morgan fingerprint density at radius 3 is 2.77 bits per heavy atom. The van der Waals surface area contributed by atoms with Gasteiger partial charge in [0.1, 0.15) is 5.82 Å². The molecule has 0 aliphatic rings. The van der Waals surface area contributed by atoms with Gasteiger partial charge < -0.3 is 19.2 Å². The zero-order valence-corrected chi connectivity index (χ0v) is 15.1. The molecule has 1 N–H and O–H groups in total. The van der Waals surface area contributed by atoms with E-state index in [1.165, 1.54) is 11.6 Å². The number of ether oxygens (including phenoxy) is 1. The zero-order valence-electron chi connectivity index (χ0n) is 15.1. The average Bonchev–Trinajstić information content (AvgIpc) is 3.14. The topological polar surface area (TPSA) is 76.0 Å². The molecule has 0 fully saturated rings. The Kier molecular flexibility index (Phi) is 5.93. The van der Waals surface area contributed by atoms with Crippen molar-refractivity contribution in [3.63, 3.8) is 0 Å². The third kappa shape index (κ3) is 4.87. The highest BCUT2D eigenvalue weighted by molar-refractivity contribution is 5.55. The van der Waals surface area contributed by atoms with Gasteiger partial charge in [-0.2, -0.15) is 0 Å². The van der Waals surface area contributed by atoms with Gasteiger partial charge in [0.25, 0.3) is 5.56 Å². The van der Waals surface area contributed by atoms with Crippen molar-refractivity contribution in [2.75, 3.05) is 20.7 Å². The Morgan fingerprint density at radius 1 is 1.27 bits per heavy atom. The summed E-state index contributed by atoms with van der Waals surface area (Å²) in [7, 11) is 3.68. The van der Waals surface area contributed by atoms with Crippen LogP contribution in [0.2, 0.25) is 0 Å². The highest BCUT2D eigenvalue weighted by Gasteiger charge is 2.06. The van der Waals surface area contributed by atoms with Gasteiger partial charge >= 0.3 is 0 Å². The normalized spacial score (nSPS) is 11.2. The van der Waals surface area contributed by atoms with Crippen LogP contribution in [0, 0.1) is 0 Å². The molecular weight excluding hydrogens is 330 g/mol. The lowest BCUT2D eigenvalue weighted by Gasteiger charge is -2.17. The van der Waals surface area contributed by atoms with Crippen LogP contribution in [0.25, 0.3) is 11.4 Å². The summed E-state index contributed by atoms with van der Waals surface area (Å²) in [6, 6.07) is 9.54. The average molecular weight is 353 g/mol. The molecule has 0 unspecified atom stereocenters. The van der Waals surface area contributed by atoms with Crippen molar-refractivity contribution in [1.29, 1.82) is 0 Å². The van der Waals surface area contributed by atoms with Crippen LogP contribution in [0.1, 0.15) is 11.3 Å². The third-order valence-corrected chi connectivity index (χ3v) is 4.07. The second kappa shape index (κ2) is 8.55. The van der Waals surface area contributed by atoms with Crippen LogP contribution < -0.4 is 5.56 Å². The minimum Gasteiger partial charge on any atom is -0.378 e. The van der Waals surface area contributed by atoms with Crippen LogP contribution in [0.4, 0.5) is 0 Å². The first kappa shape index (κ1) is 18.0. The summed E-state index contributed by atoms with van der Waals surface area (Å²) in [5, 5.41) is 0. The minimum absolute atomic E-state index is 0.176. The molecule has 26 heavy (non-hydrogen) atoms. The molecule has 0 amide bonds. The first-order valence-corrected chi connectivity index (χ1v) is 8.47. The molecular formula is C19H23N5O2. The van der Waals surface area contributed by atoms with E-state index >= 15 is 0 Å². The number of nitrogens with zero attached hydrogens (tertiary/aromatic N) is 4. The summed E-state index contributed by atoms with van der Waals surface area (Å²) in [4.78, 5) is 25.3. The van der Waals surface area contributed by atoms with Gasteiger partial charge in [-0.1, -0.05) is 24.3 Å². The number of hydrogen-bond donors (Lipinski definition) is 1. The number of nitrogens with one attached hydrogen (secondary N) is 1. The van der Waals surface area contributed by atoms with Crippen LogP contribution in [-0.2, 0) is 24.4 Å². The van der Waals surface area contributed by atoms with Crippen LogP contribution in [0.3, 0.4) is 0 Å². The fraction of sp³-hybridized carbons (Fsp3) is 0.316.